The van der Waals surface area contributed by atoms with Gasteiger partial charge in [0.15, 0.2) is 0 Å². The number of aromatic nitrogens is 3. The minimum Gasteiger partial charge on any atom is -0.377 e. The SMILES string of the molecule is CC(C)(C)c1cn2cc(-c3ccc(COCCCN)cc3)c(=O)nc2[nH]1. The third-order valence-corrected chi connectivity index (χ3v) is 4.30. The van der Waals surface area contributed by atoms with Gasteiger partial charge >= 0.3 is 0 Å². The van der Waals surface area contributed by atoms with Crippen LogP contribution in [0.1, 0.15) is 38.4 Å². The largest absolute Gasteiger partial charge is 0.377 e. The van der Waals surface area contributed by atoms with Crippen LogP contribution < -0.4 is 11.3 Å². The van der Waals surface area contributed by atoms with Gasteiger partial charge in [0.2, 0.25) is 5.78 Å². The predicted molar refractivity (Wildman–Crippen MR) is 103 cm³/mol. The van der Waals surface area contributed by atoms with Gasteiger partial charge in [0, 0.05) is 30.1 Å². The summed E-state index contributed by atoms with van der Waals surface area (Å²) >= 11 is 0. The Kier molecular flexibility index (Phi) is 5.25. The zero-order chi connectivity index (χ0) is 18.7. The number of ether oxygens (including phenoxy) is 1. The van der Waals surface area contributed by atoms with E-state index in [4.69, 9.17) is 10.5 Å². The number of imidazole rings is 1. The third kappa shape index (κ3) is 4.03. The van der Waals surface area contributed by atoms with Crippen LogP contribution in [-0.2, 0) is 16.8 Å². The summed E-state index contributed by atoms with van der Waals surface area (Å²) in [7, 11) is 0. The molecule has 2 heterocycles. The van der Waals surface area contributed by atoms with E-state index in [9.17, 15) is 4.79 Å². The van der Waals surface area contributed by atoms with Crippen molar-refractivity contribution in [1.82, 2.24) is 14.4 Å². The maximum Gasteiger partial charge on any atom is 0.282 e. The highest BCUT2D eigenvalue weighted by Gasteiger charge is 2.17. The number of fused-ring (bicyclic) bond motifs is 1. The first kappa shape index (κ1) is 18.4. The standard InChI is InChI=1S/C20H26N4O2/c1-20(2,3)17-12-24-11-16(18(25)23-19(24)22-17)15-7-5-14(6-8-15)13-26-10-4-9-21/h5-8,11-12H,4,9-10,13,21H2,1-3H3,(H,22,23,25). The molecule has 2 aromatic heterocycles. The van der Waals surface area contributed by atoms with Crippen LogP contribution in [0.4, 0.5) is 0 Å². The van der Waals surface area contributed by atoms with E-state index in [1.807, 2.05) is 41.1 Å². The van der Waals surface area contributed by atoms with Crippen LogP contribution >= 0.6 is 0 Å². The lowest BCUT2D eigenvalue weighted by molar-refractivity contribution is 0.120. The minimum absolute atomic E-state index is 0.0392. The summed E-state index contributed by atoms with van der Waals surface area (Å²) in [5.74, 6) is 0.564. The molecule has 0 fully saturated rings. The summed E-state index contributed by atoms with van der Waals surface area (Å²) in [6.07, 6.45) is 4.68. The maximum atomic E-state index is 12.4. The molecule has 3 rings (SSSR count). The maximum absolute atomic E-state index is 12.4. The Bertz CT molecular complexity index is 933. The molecule has 26 heavy (non-hydrogen) atoms. The summed E-state index contributed by atoms with van der Waals surface area (Å²) in [4.78, 5) is 19.9. The highest BCUT2D eigenvalue weighted by atomic mass is 16.5. The van der Waals surface area contributed by atoms with E-state index >= 15 is 0 Å². The Morgan fingerprint density at radius 3 is 2.58 bits per heavy atom. The van der Waals surface area contributed by atoms with E-state index in [2.05, 4.69) is 30.7 Å². The van der Waals surface area contributed by atoms with Gasteiger partial charge in [0.25, 0.3) is 5.56 Å². The van der Waals surface area contributed by atoms with E-state index in [0.29, 0.717) is 31.1 Å². The highest BCUT2D eigenvalue weighted by Crippen LogP contribution is 2.22. The Hall–Kier alpha value is -2.44. The number of nitrogens with one attached hydrogen (secondary N) is 1. The van der Waals surface area contributed by atoms with Crippen molar-refractivity contribution in [2.75, 3.05) is 13.2 Å². The molecule has 0 amide bonds. The van der Waals surface area contributed by atoms with E-state index in [1.54, 1.807) is 0 Å². The molecule has 0 unspecified atom stereocenters. The fraction of sp³-hybridized carbons (Fsp3) is 0.400. The molecule has 6 heteroatoms. The predicted octanol–water partition coefficient (Wildman–Crippen LogP) is 2.85. The average Bonchev–Trinajstić information content (AvgIpc) is 3.02. The molecule has 3 aromatic rings. The molecule has 0 radical (unpaired) electrons. The normalized spacial score (nSPS) is 12.0. The summed E-state index contributed by atoms with van der Waals surface area (Å²) in [6.45, 7) is 8.18. The summed E-state index contributed by atoms with van der Waals surface area (Å²) in [5.41, 5.74) is 8.70. The van der Waals surface area contributed by atoms with Crippen LogP contribution in [-0.4, -0.2) is 27.5 Å². The lowest BCUT2D eigenvalue weighted by atomic mass is 9.93. The first-order valence-electron chi connectivity index (χ1n) is 8.88. The van der Waals surface area contributed by atoms with Crippen molar-refractivity contribution in [3.8, 4) is 11.1 Å². The Balaban J connectivity index is 1.85. The van der Waals surface area contributed by atoms with Crippen LogP contribution in [0.5, 0.6) is 0 Å². The number of nitrogens with two attached hydrogens (primary N) is 1. The molecular formula is C20H26N4O2. The van der Waals surface area contributed by atoms with Gasteiger partial charge in [-0.3, -0.25) is 9.20 Å². The first-order valence-corrected chi connectivity index (χ1v) is 8.88. The first-order chi connectivity index (χ1) is 12.4. The molecule has 138 valence electrons. The van der Waals surface area contributed by atoms with E-state index < -0.39 is 0 Å². The number of nitrogens with zero attached hydrogens (tertiary/aromatic N) is 2. The van der Waals surface area contributed by atoms with Crippen LogP contribution in [0, 0.1) is 0 Å². The molecule has 0 saturated heterocycles. The van der Waals surface area contributed by atoms with Gasteiger partial charge < -0.3 is 15.5 Å². The lowest BCUT2D eigenvalue weighted by Crippen LogP contribution is -2.12. The molecule has 0 spiro atoms. The number of hydrogen-bond donors (Lipinski definition) is 2. The molecule has 0 bridgehead atoms. The van der Waals surface area contributed by atoms with Crippen molar-refractivity contribution in [3.05, 3.63) is 58.3 Å². The Morgan fingerprint density at radius 2 is 1.92 bits per heavy atom. The van der Waals surface area contributed by atoms with Crippen molar-refractivity contribution in [3.63, 3.8) is 0 Å². The van der Waals surface area contributed by atoms with E-state index in [-0.39, 0.29) is 11.0 Å². The molecule has 0 aliphatic rings. The Labute approximate surface area is 153 Å². The fourth-order valence-corrected chi connectivity index (χ4v) is 2.69. The van der Waals surface area contributed by atoms with Gasteiger partial charge in [-0.15, -0.1) is 0 Å². The third-order valence-electron chi connectivity index (χ3n) is 4.30. The lowest BCUT2D eigenvalue weighted by Gasteiger charge is -2.14. The minimum atomic E-state index is -0.237. The van der Waals surface area contributed by atoms with E-state index in [0.717, 1.165) is 23.2 Å². The molecular weight excluding hydrogens is 328 g/mol. The molecule has 3 N–H and O–H groups in total. The van der Waals surface area contributed by atoms with Crippen LogP contribution in [0.3, 0.4) is 0 Å². The fourth-order valence-electron chi connectivity index (χ4n) is 2.69. The Morgan fingerprint density at radius 1 is 1.19 bits per heavy atom. The molecule has 6 nitrogen and oxygen atoms in total. The molecule has 1 aromatic carbocycles. The zero-order valence-electron chi connectivity index (χ0n) is 15.6. The van der Waals surface area contributed by atoms with Crippen molar-refractivity contribution in [2.45, 2.75) is 39.2 Å². The van der Waals surface area contributed by atoms with Gasteiger partial charge in [0.1, 0.15) is 0 Å². The summed E-state index contributed by atoms with van der Waals surface area (Å²) in [6, 6.07) is 7.82. The number of hydrogen-bond acceptors (Lipinski definition) is 4. The second kappa shape index (κ2) is 7.43. The van der Waals surface area contributed by atoms with Crippen LogP contribution in [0.25, 0.3) is 16.9 Å². The van der Waals surface area contributed by atoms with Crippen molar-refractivity contribution < 1.29 is 4.74 Å². The van der Waals surface area contributed by atoms with Crippen molar-refractivity contribution in [2.24, 2.45) is 5.73 Å². The second-order valence-electron chi connectivity index (χ2n) is 7.50. The summed E-state index contributed by atoms with van der Waals surface area (Å²) in [5, 5.41) is 0. The highest BCUT2D eigenvalue weighted by molar-refractivity contribution is 5.62. The molecule has 0 aliphatic heterocycles. The second-order valence-corrected chi connectivity index (χ2v) is 7.50. The van der Waals surface area contributed by atoms with Crippen molar-refractivity contribution >= 4 is 5.78 Å². The van der Waals surface area contributed by atoms with Crippen molar-refractivity contribution in [1.29, 1.82) is 0 Å². The molecule has 0 saturated carbocycles. The number of aromatic amines is 1. The van der Waals surface area contributed by atoms with Crippen LogP contribution in [0.2, 0.25) is 0 Å². The van der Waals surface area contributed by atoms with Gasteiger partial charge in [-0.1, -0.05) is 45.0 Å². The van der Waals surface area contributed by atoms with Gasteiger partial charge in [-0.05, 0) is 24.1 Å². The number of benzene rings is 1. The van der Waals surface area contributed by atoms with Gasteiger partial charge in [-0.2, -0.15) is 4.98 Å². The topological polar surface area (TPSA) is 85.4 Å². The summed E-state index contributed by atoms with van der Waals surface area (Å²) < 4.78 is 7.44. The molecule has 0 atom stereocenters. The number of H-pyrrole nitrogens is 1. The van der Waals surface area contributed by atoms with E-state index in [1.165, 1.54) is 0 Å². The zero-order valence-corrected chi connectivity index (χ0v) is 15.6. The molecule has 0 aliphatic carbocycles. The smallest absolute Gasteiger partial charge is 0.282 e. The van der Waals surface area contributed by atoms with Gasteiger partial charge in [0.05, 0.1) is 12.2 Å². The monoisotopic (exact) mass is 354 g/mol. The van der Waals surface area contributed by atoms with Gasteiger partial charge in [-0.25, -0.2) is 0 Å². The average molecular weight is 354 g/mol. The van der Waals surface area contributed by atoms with Crippen LogP contribution in [0.15, 0.2) is 41.5 Å². The quantitative estimate of drug-likeness (QED) is 0.667. The number of rotatable bonds is 6.